The van der Waals surface area contributed by atoms with Crippen LogP contribution in [-0.4, -0.2) is 36.3 Å². The fraction of sp³-hybridized carbons (Fsp3) is 0.294. The van der Waals surface area contributed by atoms with Gasteiger partial charge in [0, 0.05) is 24.7 Å². The molecule has 3 aromatic rings. The molecule has 0 aliphatic carbocycles. The molecule has 1 aromatic carbocycles. The van der Waals surface area contributed by atoms with Crippen molar-refractivity contribution < 1.29 is 4.79 Å². The number of nitrogens with one attached hydrogen (secondary N) is 1. The largest absolute Gasteiger partial charge is 0.346 e. The third kappa shape index (κ3) is 2.58. The van der Waals surface area contributed by atoms with Crippen LogP contribution in [0.4, 0.5) is 0 Å². The van der Waals surface area contributed by atoms with Gasteiger partial charge in [0.2, 0.25) is 0 Å². The molecule has 0 radical (unpaired) electrons. The number of rotatable bonds is 3. The number of benzene rings is 1. The van der Waals surface area contributed by atoms with E-state index in [-0.39, 0.29) is 11.9 Å². The van der Waals surface area contributed by atoms with E-state index in [0.717, 1.165) is 30.2 Å². The van der Waals surface area contributed by atoms with E-state index in [4.69, 9.17) is 0 Å². The standard InChI is InChI=1S/C17H18N6O/c1-12-20-21-16-8-7-13(10-22(12)16)19-17(24)15-9-18-11-23(15)14-5-3-2-4-6-14/h2-6,9,11,13H,7-8,10H2,1H3,(H,19,24). The molecule has 24 heavy (non-hydrogen) atoms. The maximum atomic E-state index is 12.7. The minimum Gasteiger partial charge on any atom is -0.346 e. The predicted octanol–water partition coefficient (Wildman–Crippen LogP) is 1.52. The third-order valence-corrected chi connectivity index (χ3v) is 4.37. The number of amides is 1. The van der Waals surface area contributed by atoms with E-state index in [9.17, 15) is 4.79 Å². The maximum absolute atomic E-state index is 12.7. The molecule has 1 N–H and O–H groups in total. The van der Waals surface area contributed by atoms with Gasteiger partial charge in [-0.3, -0.25) is 9.36 Å². The molecule has 2 aromatic heterocycles. The van der Waals surface area contributed by atoms with Crippen LogP contribution >= 0.6 is 0 Å². The number of carbonyl (C=O) groups excluding carboxylic acids is 1. The summed E-state index contributed by atoms with van der Waals surface area (Å²) in [6.45, 7) is 2.64. The van der Waals surface area contributed by atoms with E-state index >= 15 is 0 Å². The summed E-state index contributed by atoms with van der Waals surface area (Å²) in [4.78, 5) is 16.8. The summed E-state index contributed by atoms with van der Waals surface area (Å²) in [6, 6.07) is 9.79. The van der Waals surface area contributed by atoms with E-state index in [1.165, 1.54) is 0 Å². The second kappa shape index (κ2) is 5.92. The van der Waals surface area contributed by atoms with Crippen LogP contribution in [0.1, 0.15) is 28.6 Å². The molecular formula is C17H18N6O. The summed E-state index contributed by atoms with van der Waals surface area (Å²) in [5.41, 5.74) is 1.45. The number of hydrogen-bond acceptors (Lipinski definition) is 4. The van der Waals surface area contributed by atoms with Crippen molar-refractivity contribution in [3.63, 3.8) is 0 Å². The highest BCUT2D eigenvalue weighted by Crippen LogP contribution is 2.16. The van der Waals surface area contributed by atoms with Crippen molar-refractivity contribution >= 4 is 5.91 Å². The SMILES string of the molecule is Cc1nnc2n1CC(NC(=O)c1cncn1-c1ccccc1)CC2. The molecule has 7 heteroatoms. The van der Waals surface area contributed by atoms with E-state index < -0.39 is 0 Å². The molecule has 1 aliphatic rings. The van der Waals surface area contributed by atoms with Crippen LogP contribution in [0.2, 0.25) is 0 Å². The van der Waals surface area contributed by atoms with Crippen molar-refractivity contribution in [1.29, 1.82) is 0 Å². The second-order valence-corrected chi connectivity index (χ2v) is 5.97. The molecule has 1 aliphatic heterocycles. The first-order valence-corrected chi connectivity index (χ1v) is 7.99. The van der Waals surface area contributed by atoms with Crippen molar-refractivity contribution in [1.82, 2.24) is 29.6 Å². The Morgan fingerprint density at radius 3 is 2.92 bits per heavy atom. The Morgan fingerprint density at radius 1 is 1.25 bits per heavy atom. The van der Waals surface area contributed by atoms with Crippen LogP contribution in [0.15, 0.2) is 42.9 Å². The number of fused-ring (bicyclic) bond motifs is 1. The van der Waals surface area contributed by atoms with Crippen LogP contribution < -0.4 is 5.32 Å². The fourth-order valence-corrected chi connectivity index (χ4v) is 3.10. The second-order valence-electron chi connectivity index (χ2n) is 5.97. The Kier molecular flexibility index (Phi) is 3.60. The summed E-state index contributed by atoms with van der Waals surface area (Å²) in [7, 11) is 0. The molecular weight excluding hydrogens is 304 g/mol. The van der Waals surface area contributed by atoms with Gasteiger partial charge in [-0.2, -0.15) is 0 Å². The molecule has 122 valence electrons. The highest BCUT2D eigenvalue weighted by Gasteiger charge is 2.24. The lowest BCUT2D eigenvalue weighted by Crippen LogP contribution is -2.41. The zero-order valence-electron chi connectivity index (χ0n) is 13.4. The highest BCUT2D eigenvalue weighted by atomic mass is 16.2. The van der Waals surface area contributed by atoms with Crippen LogP contribution in [0, 0.1) is 6.92 Å². The van der Waals surface area contributed by atoms with Gasteiger partial charge in [-0.15, -0.1) is 10.2 Å². The van der Waals surface area contributed by atoms with Crippen LogP contribution in [0.3, 0.4) is 0 Å². The zero-order valence-corrected chi connectivity index (χ0v) is 13.4. The van der Waals surface area contributed by atoms with Crippen molar-refractivity contribution in [3.8, 4) is 5.69 Å². The lowest BCUT2D eigenvalue weighted by Gasteiger charge is -2.25. The Balaban J connectivity index is 1.52. The normalized spacial score (nSPS) is 16.6. The first-order valence-electron chi connectivity index (χ1n) is 7.99. The average Bonchev–Trinajstić information content (AvgIpc) is 3.23. The van der Waals surface area contributed by atoms with Gasteiger partial charge in [0.1, 0.15) is 17.3 Å². The number of imidazole rings is 1. The van der Waals surface area contributed by atoms with Gasteiger partial charge in [-0.05, 0) is 25.5 Å². The topological polar surface area (TPSA) is 77.6 Å². The Labute approximate surface area is 139 Å². The van der Waals surface area contributed by atoms with Gasteiger partial charge >= 0.3 is 0 Å². The smallest absolute Gasteiger partial charge is 0.270 e. The Morgan fingerprint density at radius 2 is 2.08 bits per heavy atom. The first kappa shape index (κ1) is 14.6. The highest BCUT2D eigenvalue weighted by molar-refractivity contribution is 5.93. The number of aryl methyl sites for hydroxylation is 2. The summed E-state index contributed by atoms with van der Waals surface area (Å²) in [5.74, 6) is 1.76. The van der Waals surface area contributed by atoms with Crippen molar-refractivity contribution in [2.75, 3.05) is 0 Å². The van der Waals surface area contributed by atoms with Gasteiger partial charge in [0.25, 0.3) is 5.91 Å². The number of nitrogens with zero attached hydrogens (tertiary/aromatic N) is 5. The molecule has 0 saturated heterocycles. The molecule has 1 unspecified atom stereocenters. The molecule has 4 rings (SSSR count). The molecule has 0 saturated carbocycles. The van der Waals surface area contributed by atoms with Crippen LogP contribution in [0.25, 0.3) is 5.69 Å². The predicted molar refractivity (Wildman–Crippen MR) is 87.9 cm³/mol. The zero-order chi connectivity index (χ0) is 16.5. The number of para-hydroxylation sites is 1. The third-order valence-electron chi connectivity index (χ3n) is 4.37. The van der Waals surface area contributed by atoms with Crippen LogP contribution in [0.5, 0.6) is 0 Å². The molecule has 1 amide bonds. The minimum atomic E-state index is -0.115. The maximum Gasteiger partial charge on any atom is 0.270 e. The molecule has 0 bridgehead atoms. The van der Waals surface area contributed by atoms with Crippen molar-refractivity contribution in [2.45, 2.75) is 32.4 Å². The molecule has 0 fully saturated rings. The average molecular weight is 322 g/mol. The molecule has 1 atom stereocenters. The van der Waals surface area contributed by atoms with Gasteiger partial charge in [-0.1, -0.05) is 18.2 Å². The van der Waals surface area contributed by atoms with Crippen molar-refractivity contribution in [3.05, 3.63) is 60.2 Å². The number of hydrogen-bond donors (Lipinski definition) is 1. The summed E-state index contributed by atoms with van der Waals surface area (Å²) in [5, 5.41) is 11.4. The van der Waals surface area contributed by atoms with Crippen molar-refractivity contribution in [2.24, 2.45) is 0 Å². The first-order chi connectivity index (χ1) is 11.7. The summed E-state index contributed by atoms with van der Waals surface area (Å²) < 4.78 is 3.87. The Bertz CT molecular complexity index is 866. The van der Waals surface area contributed by atoms with Gasteiger partial charge < -0.3 is 9.88 Å². The van der Waals surface area contributed by atoms with Gasteiger partial charge in [0.05, 0.1) is 12.5 Å². The van der Waals surface area contributed by atoms with Gasteiger partial charge in [-0.25, -0.2) is 4.98 Å². The monoisotopic (exact) mass is 322 g/mol. The molecule has 0 spiro atoms. The summed E-state index contributed by atoms with van der Waals surface area (Å²) >= 11 is 0. The number of carbonyl (C=O) groups is 1. The van der Waals surface area contributed by atoms with E-state index in [1.54, 1.807) is 17.1 Å². The lowest BCUT2D eigenvalue weighted by molar-refractivity contribution is 0.0920. The minimum absolute atomic E-state index is 0.0684. The van der Waals surface area contributed by atoms with Gasteiger partial charge in [0.15, 0.2) is 0 Å². The molecule has 3 heterocycles. The quantitative estimate of drug-likeness (QED) is 0.793. The lowest BCUT2D eigenvalue weighted by atomic mass is 10.1. The van der Waals surface area contributed by atoms with E-state index in [0.29, 0.717) is 12.2 Å². The Hall–Kier alpha value is -2.96. The van der Waals surface area contributed by atoms with Crippen LogP contribution in [-0.2, 0) is 13.0 Å². The fourth-order valence-electron chi connectivity index (χ4n) is 3.10. The summed E-state index contributed by atoms with van der Waals surface area (Å²) in [6.07, 6.45) is 4.95. The number of aromatic nitrogens is 5. The van der Waals surface area contributed by atoms with E-state index in [1.807, 2.05) is 37.3 Å². The van der Waals surface area contributed by atoms with E-state index in [2.05, 4.69) is 25.1 Å². The molecule has 7 nitrogen and oxygen atoms in total.